The molecule has 0 radical (unpaired) electrons. The first kappa shape index (κ1) is 11.0. The lowest BCUT2D eigenvalue weighted by atomic mass is 10.5. The van der Waals surface area contributed by atoms with Crippen LogP contribution >= 0.6 is 24.0 Å². The van der Waals surface area contributed by atoms with Crippen LogP contribution in [0.1, 0.15) is 6.92 Å². The van der Waals surface area contributed by atoms with E-state index in [4.69, 9.17) is 18.0 Å². The van der Waals surface area contributed by atoms with Crippen molar-refractivity contribution in [1.29, 1.82) is 0 Å². The summed E-state index contributed by atoms with van der Waals surface area (Å²) in [5, 5.41) is 0.799. The third-order valence-electron chi connectivity index (χ3n) is 1.52. The molecule has 0 aliphatic rings. The molecule has 5 nitrogen and oxygen atoms in total. The molecule has 0 aromatic carbocycles. The van der Waals surface area contributed by atoms with Crippen LogP contribution in [-0.4, -0.2) is 21.3 Å². The molecule has 7 heteroatoms. The fourth-order valence-electron chi connectivity index (χ4n) is 0.775. The first-order valence-corrected chi connectivity index (χ1v) is 5.39. The smallest absolute Gasteiger partial charge is 0.277 e. The predicted octanol–water partition coefficient (Wildman–Crippen LogP) is 1.43. The molecule has 0 aliphatic heterocycles. The summed E-state index contributed by atoms with van der Waals surface area (Å²) in [6.07, 6.45) is 1.89. The number of rotatable bonds is 1. The number of nitrogens with two attached hydrogens (primary N) is 1. The maximum Gasteiger partial charge on any atom is 0.277 e. The van der Waals surface area contributed by atoms with Gasteiger partial charge in [0.15, 0.2) is 10.6 Å². The van der Waals surface area contributed by atoms with Crippen molar-refractivity contribution in [2.45, 2.75) is 6.92 Å². The van der Waals surface area contributed by atoms with E-state index in [2.05, 4.69) is 15.0 Å². The number of H-pyrrole nitrogens is 2. The first-order valence-electron chi connectivity index (χ1n) is 3.76. The van der Waals surface area contributed by atoms with Crippen LogP contribution in [0.25, 0.3) is 0 Å². The summed E-state index contributed by atoms with van der Waals surface area (Å²) in [7, 11) is 0. The highest BCUT2D eigenvalue weighted by Gasteiger charge is 2.02. The number of aromatic nitrogens is 2. The molecule has 1 aromatic rings. The minimum atomic E-state index is -0.415. The molecule has 0 bridgehead atoms. The molecule has 0 fully saturated rings. The third-order valence-corrected chi connectivity index (χ3v) is 2.41. The van der Waals surface area contributed by atoms with Gasteiger partial charge < -0.3 is 10.7 Å². The van der Waals surface area contributed by atoms with Gasteiger partial charge in [0.1, 0.15) is 5.69 Å². The van der Waals surface area contributed by atoms with Gasteiger partial charge in [0.05, 0.1) is 5.04 Å². The van der Waals surface area contributed by atoms with Gasteiger partial charge in [-0.25, -0.2) is 4.99 Å². The molecule has 0 amide bonds. The summed E-state index contributed by atoms with van der Waals surface area (Å²) in [5.41, 5.74) is 5.15. The van der Waals surface area contributed by atoms with Gasteiger partial charge in [0.25, 0.3) is 5.56 Å². The Kier molecular flexibility index (Phi) is 3.48. The SMILES string of the molecule is CS/C(C)=N/c1[nH]c(=S)[nH]c(=O)c1N. The zero-order valence-corrected chi connectivity index (χ0v) is 9.38. The molecule has 0 atom stereocenters. The van der Waals surface area contributed by atoms with Crippen LogP contribution in [0.4, 0.5) is 11.5 Å². The van der Waals surface area contributed by atoms with Crippen LogP contribution in [0.2, 0.25) is 0 Å². The van der Waals surface area contributed by atoms with Crippen molar-refractivity contribution in [3.8, 4) is 0 Å². The van der Waals surface area contributed by atoms with Crippen LogP contribution in [0.3, 0.4) is 0 Å². The van der Waals surface area contributed by atoms with E-state index in [1.165, 1.54) is 11.8 Å². The number of aliphatic imine (C=N–C) groups is 1. The predicted molar refractivity (Wildman–Crippen MR) is 62.9 cm³/mol. The Morgan fingerprint density at radius 2 is 2.21 bits per heavy atom. The molecule has 1 heterocycles. The van der Waals surface area contributed by atoms with Crippen molar-refractivity contribution in [3.63, 3.8) is 0 Å². The molecule has 1 rings (SSSR count). The lowest BCUT2D eigenvalue weighted by Crippen LogP contribution is -2.13. The second-order valence-electron chi connectivity index (χ2n) is 2.51. The topological polar surface area (TPSA) is 87.0 Å². The lowest BCUT2D eigenvalue weighted by molar-refractivity contribution is 1.09. The summed E-state index contributed by atoms with van der Waals surface area (Å²) in [6, 6.07) is 0. The first-order chi connectivity index (χ1) is 6.54. The number of nitrogens with one attached hydrogen (secondary N) is 2. The summed E-state index contributed by atoms with van der Waals surface area (Å²) < 4.78 is 0.219. The van der Waals surface area contributed by atoms with Gasteiger partial charge in [-0.3, -0.25) is 9.78 Å². The van der Waals surface area contributed by atoms with E-state index in [1.54, 1.807) is 0 Å². The summed E-state index contributed by atoms with van der Waals surface area (Å²) >= 11 is 6.26. The van der Waals surface area contributed by atoms with Crippen LogP contribution in [0, 0.1) is 4.77 Å². The monoisotopic (exact) mass is 230 g/mol. The minimum Gasteiger partial charge on any atom is -0.391 e. The average Bonchev–Trinajstić information content (AvgIpc) is 2.13. The Hall–Kier alpha value is -1.08. The molecule has 0 unspecified atom stereocenters. The van der Waals surface area contributed by atoms with Crippen molar-refractivity contribution in [1.82, 2.24) is 9.97 Å². The second-order valence-corrected chi connectivity index (χ2v) is 3.91. The van der Waals surface area contributed by atoms with Crippen LogP contribution in [0.15, 0.2) is 9.79 Å². The van der Waals surface area contributed by atoms with Gasteiger partial charge in [0.2, 0.25) is 0 Å². The van der Waals surface area contributed by atoms with Crippen molar-refractivity contribution in [3.05, 3.63) is 15.1 Å². The van der Waals surface area contributed by atoms with Gasteiger partial charge in [-0.15, -0.1) is 11.8 Å². The van der Waals surface area contributed by atoms with E-state index in [0.29, 0.717) is 5.82 Å². The summed E-state index contributed by atoms with van der Waals surface area (Å²) in [4.78, 5) is 20.4. The largest absolute Gasteiger partial charge is 0.391 e. The maximum atomic E-state index is 11.2. The molecule has 0 saturated heterocycles. The van der Waals surface area contributed by atoms with Gasteiger partial charge in [-0.05, 0) is 25.4 Å². The fraction of sp³-hybridized carbons (Fsp3) is 0.286. The van der Waals surface area contributed by atoms with E-state index >= 15 is 0 Å². The molecular formula is C7H10N4OS2. The molecular weight excluding hydrogens is 220 g/mol. The van der Waals surface area contributed by atoms with Gasteiger partial charge >= 0.3 is 0 Å². The summed E-state index contributed by atoms with van der Waals surface area (Å²) in [5.74, 6) is 0.311. The molecule has 14 heavy (non-hydrogen) atoms. The standard InChI is InChI=1S/C7H10N4OS2/c1-3(14-2)9-5-4(8)6(12)11-7(13)10-5/h8H2,1-2H3,(H2,10,11,12,13)/b9-3+. The molecule has 0 aliphatic carbocycles. The molecule has 1 aromatic heterocycles. The number of anilines is 1. The van der Waals surface area contributed by atoms with Crippen LogP contribution in [-0.2, 0) is 0 Å². The summed E-state index contributed by atoms with van der Waals surface area (Å²) in [6.45, 7) is 1.82. The number of hydrogen-bond acceptors (Lipinski definition) is 5. The normalized spacial score (nSPS) is 11.7. The number of nitrogen functional groups attached to an aromatic ring is 1. The number of hydrogen-bond donors (Lipinski definition) is 3. The molecule has 0 spiro atoms. The van der Waals surface area contributed by atoms with E-state index in [1.807, 2.05) is 13.2 Å². The van der Waals surface area contributed by atoms with Gasteiger partial charge in [-0.2, -0.15) is 0 Å². The lowest BCUT2D eigenvalue weighted by Gasteiger charge is -1.99. The van der Waals surface area contributed by atoms with E-state index in [9.17, 15) is 4.79 Å². The van der Waals surface area contributed by atoms with E-state index in [-0.39, 0.29) is 10.5 Å². The van der Waals surface area contributed by atoms with Gasteiger partial charge in [-0.1, -0.05) is 0 Å². The Balaban J connectivity index is 3.35. The van der Waals surface area contributed by atoms with Gasteiger partial charge in [0, 0.05) is 0 Å². The zero-order chi connectivity index (χ0) is 10.7. The highest BCUT2D eigenvalue weighted by Crippen LogP contribution is 2.15. The van der Waals surface area contributed by atoms with Crippen molar-refractivity contribution in [2.24, 2.45) is 4.99 Å². The fourth-order valence-corrected chi connectivity index (χ4v) is 1.15. The number of nitrogens with zero attached hydrogens (tertiary/aromatic N) is 1. The minimum absolute atomic E-state index is 0.0481. The number of aromatic amines is 2. The van der Waals surface area contributed by atoms with E-state index in [0.717, 1.165) is 5.04 Å². The van der Waals surface area contributed by atoms with Crippen LogP contribution < -0.4 is 11.3 Å². The Morgan fingerprint density at radius 3 is 2.79 bits per heavy atom. The van der Waals surface area contributed by atoms with Crippen LogP contribution in [0.5, 0.6) is 0 Å². The Bertz CT molecular complexity index is 473. The zero-order valence-electron chi connectivity index (χ0n) is 7.75. The third kappa shape index (κ3) is 2.46. The molecule has 4 N–H and O–H groups in total. The molecule has 0 saturated carbocycles. The highest BCUT2D eigenvalue weighted by molar-refractivity contribution is 8.13. The molecule has 76 valence electrons. The van der Waals surface area contributed by atoms with Crippen molar-refractivity contribution < 1.29 is 0 Å². The number of thioether (sulfide) groups is 1. The quantitative estimate of drug-likeness (QED) is 0.387. The Labute approximate surface area is 89.8 Å². The maximum absolute atomic E-state index is 11.2. The second kappa shape index (κ2) is 4.43. The highest BCUT2D eigenvalue weighted by atomic mass is 32.2. The van der Waals surface area contributed by atoms with Crippen molar-refractivity contribution >= 4 is 40.5 Å². The van der Waals surface area contributed by atoms with E-state index < -0.39 is 5.56 Å². The average molecular weight is 230 g/mol. The van der Waals surface area contributed by atoms with Crippen molar-refractivity contribution in [2.75, 3.05) is 12.0 Å². The Morgan fingerprint density at radius 1 is 1.57 bits per heavy atom.